The van der Waals surface area contributed by atoms with Gasteiger partial charge in [-0.15, -0.1) is 0 Å². The third-order valence-corrected chi connectivity index (χ3v) is 13.5. The first kappa shape index (κ1) is 23.0. The Morgan fingerprint density at radius 3 is 1.88 bits per heavy atom. The van der Waals surface area contributed by atoms with Gasteiger partial charge in [0.15, 0.2) is 0 Å². The van der Waals surface area contributed by atoms with E-state index in [-0.39, 0.29) is 36.9 Å². The fourth-order valence-corrected chi connectivity index (χ4v) is 11.4. The van der Waals surface area contributed by atoms with Crippen LogP contribution in [0, 0.1) is 0 Å². The number of carbonyl (C=O) groups is 1. The van der Waals surface area contributed by atoms with Crippen molar-refractivity contribution in [3.63, 3.8) is 0 Å². The first-order valence-electron chi connectivity index (χ1n) is 11.1. The molecular formula is C27H30O3SeSi. The summed E-state index contributed by atoms with van der Waals surface area (Å²) in [4.78, 5) is 12.6. The summed E-state index contributed by atoms with van der Waals surface area (Å²) in [6, 6.07) is 31.4. The third kappa shape index (κ3) is 4.77. The molecule has 0 aliphatic carbocycles. The number of benzene rings is 3. The summed E-state index contributed by atoms with van der Waals surface area (Å²) < 4.78 is 14.0. The normalized spacial score (nSPS) is 19.0. The molecule has 1 aliphatic heterocycles. The van der Waals surface area contributed by atoms with Crippen LogP contribution in [0.1, 0.15) is 27.2 Å². The van der Waals surface area contributed by atoms with Crippen LogP contribution in [0.2, 0.25) is 9.85 Å². The van der Waals surface area contributed by atoms with Crippen molar-refractivity contribution in [3.05, 3.63) is 91.0 Å². The van der Waals surface area contributed by atoms with Gasteiger partial charge in [-0.1, -0.05) is 0 Å². The van der Waals surface area contributed by atoms with Crippen LogP contribution in [-0.4, -0.2) is 42.0 Å². The SMILES string of the molecule is CC(C)(C)[Si](O[13CH2][13C@@H]1[13CH2][13C@@H]([Se]c2ccccc2)[13C](=O)O1)(c1ccccc1)c1ccccc1. The maximum atomic E-state index is 12.6. The summed E-state index contributed by atoms with van der Waals surface area (Å²) >= 11 is 0.0739. The number of rotatable bonds is 7. The van der Waals surface area contributed by atoms with Crippen molar-refractivity contribution in [3.8, 4) is 0 Å². The summed E-state index contributed by atoms with van der Waals surface area (Å²) in [5, 5.41) is 2.40. The minimum absolute atomic E-state index is 0.0438. The Bertz CT molecular complexity index is 980. The Hall–Kier alpha value is -2.17. The van der Waals surface area contributed by atoms with E-state index in [1.54, 1.807) is 0 Å². The first-order chi connectivity index (χ1) is 15.4. The van der Waals surface area contributed by atoms with Gasteiger partial charge in [0.2, 0.25) is 0 Å². The van der Waals surface area contributed by atoms with E-state index in [1.807, 2.05) is 30.3 Å². The van der Waals surface area contributed by atoms with E-state index >= 15 is 0 Å². The number of carbonyl (C=O) groups excluding carboxylic acids is 1. The molecule has 1 fully saturated rings. The number of cyclic esters (lactones) is 1. The topological polar surface area (TPSA) is 35.5 Å². The predicted octanol–water partition coefficient (Wildman–Crippen LogP) is 3.70. The van der Waals surface area contributed by atoms with Gasteiger partial charge in [0, 0.05) is 0 Å². The maximum absolute atomic E-state index is 12.6. The molecule has 1 heterocycles. The van der Waals surface area contributed by atoms with E-state index in [2.05, 4.69) is 81.4 Å². The van der Waals surface area contributed by atoms with Crippen molar-refractivity contribution < 1.29 is 14.0 Å². The van der Waals surface area contributed by atoms with Gasteiger partial charge < -0.3 is 0 Å². The van der Waals surface area contributed by atoms with Gasteiger partial charge in [0.25, 0.3) is 0 Å². The van der Waals surface area contributed by atoms with Crippen LogP contribution in [0.3, 0.4) is 0 Å². The van der Waals surface area contributed by atoms with Crippen molar-refractivity contribution in [2.75, 3.05) is 6.61 Å². The van der Waals surface area contributed by atoms with Crippen LogP contribution in [-0.2, 0) is 14.0 Å². The Morgan fingerprint density at radius 2 is 1.38 bits per heavy atom. The first-order valence-corrected chi connectivity index (χ1v) is 14.8. The van der Waals surface area contributed by atoms with E-state index in [1.165, 1.54) is 14.8 Å². The summed E-state index contributed by atoms with van der Waals surface area (Å²) in [5.41, 5.74) is 0. The van der Waals surface area contributed by atoms with Crippen molar-refractivity contribution in [2.45, 2.75) is 43.2 Å². The zero-order valence-electron chi connectivity index (χ0n) is 18.9. The van der Waals surface area contributed by atoms with Crippen LogP contribution >= 0.6 is 0 Å². The van der Waals surface area contributed by atoms with Gasteiger partial charge in [-0.25, -0.2) is 0 Å². The fraction of sp³-hybridized carbons (Fsp3) is 0.296. The van der Waals surface area contributed by atoms with Gasteiger partial charge in [0.05, 0.1) is 0 Å². The summed E-state index contributed by atoms with van der Waals surface area (Å²) in [6.07, 6.45) is 0.533. The molecule has 2 atom stereocenters. The van der Waals surface area contributed by atoms with E-state index in [9.17, 15) is 4.79 Å². The van der Waals surface area contributed by atoms with Crippen molar-refractivity contribution in [2.24, 2.45) is 0 Å². The van der Waals surface area contributed by atoms with E-state index in [0.29, 0.717) is 6.61 Å². The van der Waals surface area contributed by atoms with Crippen LogP contribution in [0.15, 0.2) is 91.0 Å². The predicted molar refractivity (Wildman–Crippen MR) is 134 cm³/mol. The molecule has 0 N–H and O–H groups in total. The zero-order chi connectivity index (χ0) is 22.6. The second-order valence-electron chi connectivity index (χ2n) is 9.19. The molecule has 0 unspecified atom stereocenters. The zero-order valence-corrected chi connectivity index (χ0v) is 21.6. The molecule has 1 aliphatic rings. The second-order valence-corrected chi connectivity index (χ2v) is 16.2. The molecule has 0 aromatic heterocycles. The molecule has 5 heteroatoms. The molecule has 166 valence electrons. The number of ether oxygens (including phenoxy) is 1. The molecule has 0 radical (unpaired) electrons. The van der Waals surface area contributed by atoms with Gasteiger partial charge in [-0.3, -0.25) is 0 Å². The molecule has 32 heavy (non-hydrogen) atoms. The number of hydrogen-bond donors (Lipinski definition) is 0. The molecular weight excluding hydrogens is 484 g/mol. The monoisotopic (exact) mass is 515 g/mol. The molecule has 0 amide bonds. The van der Waals surface area contributed by atoms with E-state index in [4.69, 9.17) is 9.16 Å². The molecule has 0 bridgehead atoms. The number of esters is 1. The standard InChI is InChI=1S/C27H30O3SeSi/c1-27(2,3)32(23-15-9-5-10-16-23,24-17-11-6-12-18-24)29-20-21-19-25(26(28)30-21)31-22-13-7-4-8-14-22/h4-18,21,25H,19-20H2,1-3H3/t21-,25+/m0/s1/i19+1,20+1,21+1,25+1,26+1. The van der Waals surface area contributed by atoms with Crippen molar-refractivity contribution >= 4 is 44.1 Å². The molecule has 4 rings (SSSR count). The fourth-order valence-electron chi connectivity index (χ4n) is 4.46. The third-order valence-electron chi connectivity index (χ3n) is 5.95. The number of hydrogen-bond acceptors (Lipinski definition) is 3. The van der Waals surface area contributed by atoms with E-state index in [0.717, 1.165) is 6.42 Å². The van der Waals surface area contributed by atoms with Crippen LogP contribution in [0.4, 0.5) is 0 Å². The molecule has 3 aromatic rings. The summed E-state index contributed by atoms with van der Waals surface area (Å²) in [7, 11) is -2.62. The summed E-state index contributed by atoms with van der Waals surface area (Å²) in [5.74, 6) is -0.0788. The van der Waals surface area contributed by atoms with Gasteiger partial charge in [0.1, 0.15) is 0 Å². The van der Waals surface area contributed by atoms with Gasteiger partial charge in [-0.05, 0) is 0 Å². The molecule has 3 aromatic carbocycles. The van der Waals surface area contributed by atoms with Crippen molar-refractivity contribution in [1.82, 2.24) is 0 Å². The molecule has 0 saturated carbocycles. The molecule has 1 saturated heterocycles. The summed E-state index contributed by atoms with van der Waals surface area (Å²) in [6.45, 7) is 7.23. The average Bonchev–Trinajstić information content (AvgIpc) is 3.14. The average molecular weight is 515 g/mol. The van der Waals surface area contributed by atoms with Gasteiger partial charge >= 0.3 is 199 Å². The second kappa shape index (κ2) is 9.76. The Morgan fingerprint density at radius 1 is 0.875 bits per heavy atom. The van der Waals surface area contributed by atoms with Crippen LogP contribution in [0.25, 0.3) is 0 Å². The Kier molecular flexibility index (Phi) is 7.01. The van der Waals surface area contributed by atoms with Gasteiger partial charge in [-0.2, -0.15) is 0 Å². The Balaban J connectivity index is 1.58. The minimum atomic E-state index is -2.62. The molecule has 0 spiro atoms. The Labute approximate surface area is 198 Å². The van der Waals surface area contributed by atoms with E-state index < -0.39 is 8.32 Å². The quantitative estimate of drug-likeness (QED) is 0.274. The van der Waals surface area contributed by atoms with Crippen molar-refractivity contribution in [1.29, 1.82) is 0 Å². The molecule has 3 nitrogen and oxygen atoms in total. The van der Waals surface area contributed by atoms with Crippen LogP contribution < -0.4 is 14.8 Å². The van der Waals surface area contributed by atoms with Crippen LogP contribution in [0.5, 0.6) is 0 Å².